The van der Waals surface area contributed by atoms with Gasteiger partial charge in [-0.05, 0) is 31.2 Å². The van der Waals surface area contributed by atoms with Crippen LogP contribution in [0, 0.1) is 11.7 Å². The number of likely N-dealkylation sites (tertiary alicyclic amines) is 1. The highest BCUT2D eigenvalue weighted by Crippen LogP contribution is 2.45. The van der Waals surface area contributed by atoms with Crippen molar-refractivity contribution in [3.63, 3.8) is 0 Å². The van der Waals surface area contributed by atoms with E-state index in [2.05, 4.69) is 5.10 Å². The first kappa shape index (κ1) is 19.8. The number of amides is 3. The fourth-order valence-electron chi connectivity index (χ4n) is 4.11. The van der Waals surface area contributed by atoms with Gasteiger partial charge in [-0.3, -0.25) is 9.59 Å². The normalized spacial score (nSPS) is 23.3. The highest BCUT2D eigenvalue weighted by atomic mass is 19.1. The summed E-state index contributed by atoms with van der Waals surface area (Å²) in [6, 6.07) is 14.2. The van der Waals surface area contributed by atoms with Crippen LogP contribution in [0.25, 0.3) is 0 Å². The molecule has 0 bridgehead atoms. The fourth-order valence-corrected chi connectivity index (χ4v) is 4.11. The molecule has 2 aromatic rings. The predicted molar refractivity (Wildman–Crippen MR) is 107 cm³/mol. The van der Waals surface area contributed by atoms with Gasteiger partial charge in [0.15, 0.2) is 5.54 Å². The molecule has 0 unspecified atom stereocenters. The van der Waals surface area contributed by atoms with Crippen molar-refractivity contribution in [1.82, 2.24) is 4.90 Å². The average molecular weight is 409 g/mol. The van der Waals surface area contributed by atoms with Crippen LogP contribution in [-0.2, 0) is 14.3 Å². The van der Waals surface area contributed by atoms with Crippen LogP contribution >= 0.6 is 0 Å². The highest BCUT2D eigenvalue weighted by Gasteiger charge is 2.67. The predicted octanol–water partition coefficient (Wildman–Crippen LogP) is 3.34. The minimum Gasteiger partial charge on any atom is -0.449 e. The molecular weight excluding hydrogens is 389 g/mol. The second-order valence-electron chi connectivity index (χ2n) is 7.21. The Morgan fingerprint density at radius 2 is 1.83 bits per heavy atom. The van der Waals surface area contributed by atoms with Gasteiger partial charge in [-0.1, -0.05) is 37.3 Å². The zero-order chi connectivity index (χ0) is 21.5. The number of ether oxygens (including phenoxy) is 1. The molecule has 0 N–H and O–H groups in total. The smallest absolute Gasteiger partial charge is 0.417 e. The van der Waals surface area contributed by atoms with Crippen molar-refractivity contribution in [2.75, 3.05) is 11.6 Å². The van der Waals surface area contributed by atoms with Crippen LogP contribution in [0.5, 0.6) is 0 Å². The minimum absolute atomic E-state index is 0.00628. The van der Waals surface area contributed by atoms with E-state index in [9.17, 15) is 18.8 Å². The Kier molecular flexibility index (Phi) is 4.85. The highest BCUT2D eigenvalue weighted by molar-refractivity contribution is 6.32. The van der Waals surface area contributed by atoms with Crippen molar-refractivity contribution in [2.45, 2.75) is 25.8 Å². The topological polar surface area (TPSA) is 79.3 Å². The van der Waals surface area contributed by atoms with E-state index in [0.717, 1.165) is 9.91 Å². The SMILES string of the molecule is CCOC(=O)N1C(=O)C[C@@H](C)[C@@]12C(=O)N(c1ccc(F)cc1)N=C2c1ccccc1. The Bertz CT molecular complexity index is 1040. The van der Waals surface area contributed by atoms with Gasteiger partial charge in [0.1, 0.15) is 11.5 Å². The minimum atomic E-state index is -1.64. The van der Waals surface area contributed by atoms with E-state index in [1.54, 1.807) is 38.1 Å². The lowest BCUT2D eigenvalue weighted by Gasteiger charge is -2.35. The van der Waals surface area contributed by atoms with Gasteiger partial charge in [-0.2, -0.15) is 10.1 Å². The summed E-state index contributed by atoms with van der Waals surface area (Å²) in [7, 11) is 0. The number of anilines is 1. The standard InChI is InChI=1S/C22H20FN3O4/c1-3-30-21(29)25-18(27)13-14(2)22(25)19(15-7-5-4-6-8-15)24-26(20(22)28)17-11-9-16(23)10-12-17/h4-12,14H,3,13H2,1-2H3/t14-,22-/m1/s1. The molecule has 2 aliphatic rings. The molecule has 2 aromatic carbocycles. The number of hydrazone groups is 1. The second kappa shape index (κ2) is 7.37. The lowest BCUT2D eigenvalue weighted by molar-refractivity contribution is -0.134. The first-order chi connectivity index (χ1) is 14.4. The van der Waals surface area contributed by atoms with E-state index >= 15 is 0 Å². The Labute approximate surface area is 172 Å². The molecule has 154 valence electrons. The molecule has 0 aliphatic carbocycles. The summed E-state index contributed by atoms with van der Waals surface area (Å²) < 4.78 is 18.5. The van der Waals surface area contributed by atoms with Gasteiger partial charge in [0.25, 0.3) is 5.91 Å². The second-order valence-corrected chi connectivity index (χ2v) is 7.21. The van der Waals surface area contributed by atoms with Gasteiger partial charge in [-0.15, -0.1) is 0 Å². The molecule has 1 fully saturated rings. The molecule has 2 atom stereocenters. The third-order valence-electron chi connectivity index (χ3n) is 5.44. The zero-order valence-corrected chi connectivity index (χ0v) is 16.5. The van der Waals surface area contributed by atoms with E-state index in [0.29, 0.717) is 11.3 Å². The molecule has 1 spiro atoms. The summed E-state index contributed by atoms with van der Waals surface area (Å²) in [5.74, 6) is -2.05. The molecule has 3 amide bonds. The summed E-state index contributed by atoms with van der Waals surface area (Å²) >= 11 is 0. The van der Waals surface area contributed by atoms with Crippen LogP contribution in [0.1, 0.15) is 25.8 Å². The van der Waals surface area contributed by atoms with Crippen molar-refractivity contribution in [1.29, 1.82) is 0 Å². The number of imide groups is 1. The van der Waals surface area contributed by atoms with Gasteiger partial charge in [0.2, 0.25) is 5.91 Å². The Hall–Kier alpha value is -3.55. The molecule has 2 aliphatic heterocycles. The van der Waals surface area contributed by atoms with Crippen molar-refractivity contribution in [2.24, 2.45) is 11.0 Å². The number of hydrogen-bond acceptors (Lipinski definition) is 5. The first-order valence-corrected chi connectivity index (χ1v) is 9.65. The number of rotatable bonds is 3. The van der Waals surface area contributed by atoms with E-state index in [1.165, 1.54) is 24.3 Å². The summed E-state index contributed by atoms with van der Waals surface area (Å²) in [6.45, 7) is 3.42. The molecule has 2 heterocycles. The van der Waals surface area contributed by atoms with Gasteiger partial charge in [0.05, 0.1) is 12.3 Å². The average Bonchev–Trinajstić information content (AvgIpc) is 3.18. The number of benzene rings is 2. The third-order valence-corrected chi connectivity index (χ3v) is 5.44. The van der Waals surface area contributed by atoms with Crippen molar-refractivity contribution >= 4 is 29.3 Å². The molecule has 0 aromatic heterocycles. The maximum Gasteiger partial charge on any atom is 0.417 e. The van der Waals surface area contributed by atoms with Crippen LogP contribution in [0.4, 0.5) is 14.9 Å². The van der Waals surface area contributed by atoms with Crippen LogP contribution < -0.4 is 5.01 Å². The van der Waals surface area contributed by atoms with Gasteiger partial charge in [-0.25, -0.2) is 14.1 Å². The molecule has 8 heteroatoms. The summed E-state index contributed by atoms with van der Waals surface area (Å²) in [4.78, 5) is 40.3. The lowest BCUT2D eigenvalue weighted by Crippen LogP contribution is -2.62. The molecular formula is C22H20FN3O4. The largest absolute Gasteiger partial charge is 0.449 e. The van der Waals surface area contributed by atoms with E-state index in [1.807, 2.05) is 6.07 Å². The number of hydrogen-bond donors (Lipinski definition) is 0. The lowest BCUT2D eigenvalue weighted by atomic mass is 9.78. The summed E-state index contributed by atoms with van der Waals surface area (Å²) in [5, 5.41) is 5.66. The van der Waals surface area contributed by atoms with E-state index in [4.69, 9.17) is 4.74 Å². The number of carbonyl (C=O) groups excluding carboxylic acids is 3. The monoisotopic (exact) mass is 409 g/mol. The summed E-state index contributed by atoms with van der Waals surface area (Å²) in [6.07, 6.45) is -0.891. The van der Waals surface area contributed by atoms with Crippen LogP contribution in [0.15, 0.2) is 59.7 Å². The number of carbonyl (C=O) groups is 3. The van der Waals surface area contributed by atoms with Crippen LogP contribution in [0.2, 0.25) is 0 Å². The fraction of sp³-hybridized carbons (Fsp3) is 0.273. The maximum absolute atomic E-state index is 13.8. The molecule has 7 nitrogen and oxygen atoms in total. The molecule has 0 radical (unpaired) electrons. The van der Waals surface area contributed by atoms with E-state index < -0.39 is 35.2 Å². The zero-order valence-electron chi connectivity index (χ0n) is 16.5. The van der Waals surface area contributed by atoms with E-state index in [-0.39, 0.29) is 18.7 Å². The Morgan fingerprint density at radius 3 is 2.47 bits per heavy atom. The van der Waals surface area contributed by atoms with Gasteiger partial charge < -0.3 is 4.74 Å². The van der Waals surface area contributed by atoms with Crippen molar-refractivity contribution in [3.05, 3.63) is 66.0 Å². The van der Waals surface area contributed by atoms with Gasteiger partial charge >= 0.3 is 6.09 Å². The molecule has 4 rings (SSSR count). The number of halogens is 1. The van der Waals surface area contributed by atoms with Crippen LogP contribution in [-0.4, -0.2) is 40.7 Å². The first-order valence-electron chi connectivity index (χ1n) is 9.65. The van der Waals surface area contributed by atoms with Crippen molar-refractivity contribution in [3.8, 4) is 0 Å². The Balaban J connectivity index is 1.93. The van der Waals surface area contributed by atoms with Gasteiger partial charge in [0, 0.05) is 17.9 Å². The maximum atomic E-state index is 13.8. The molecule has 1 saturated heterocycles. The van der Waals surface area contributed by atoms with Crippen LogP contribution in [0.3, 0.4) is 0 Å². The quantitative estimate of drug-likeness (QED) is 0.779. The van der Waals surface area contributed by atoms with Crippen molar-refractivity contribution < 1.29 is 23.5 Å². The number of nitrogens with zero attached hydrogens (tertiary/aromatic N) is 3. The molecule has 0 saturated carbocycles. The molecule has 30 heavy (non-hydrogen) atoms. The summed E-state index contributed by atoms with van der Waals surface area (Å²) in [5.41, 5.74) is -0.420. The third kappa shape index (κ3) is 2.79. The Morgan fingerprint density at radius 1 is 1.17 bits per heavy atom.